The van der Waals surface area contributed by atoms with Crippen LogP contribution in [0.3, 0.4) is 0 Å². The van der Waals surface area contributed by atoms with Crippen molar-refractivity contribution in [2.45, 2.75) is 25.9 Å². The van der Waals surface area contributed by atoms with Crippen molar-refractivity contribution in [1.29, 1.82) is 0 Å². The smallest absolute Gasteiger partial charge is 0.322 e. The van der Waals surface area contributed by atoms with Gasteiger partial charge in [-0.15, -0.1) is 0 Å². The molecule has 4 heterocycles. The van der Waals surface area contributed by atoms with Crippen molar-refractivity contribution in [2.75, 3.05) is 5.32 Å². The van der Waals surface area contributed by atoms with Crippen LogP contribution >= 0.6 is 0 Å². The maximum Gasteiger partial charge on any atom is 0.322 e. The van der Waals surface area contributed by atoms with E-state index in [1.807, 2.05) is 43.3 Å². The highest BCUT2D eigenvalue weighted by molar-refractivity contribution is 5.89. The maximum atomic E-state index is 13.1. The summed E-state index contributed by atoms with van der Waals surface area (Å²) < 4.78 is 5.56. The Morgan fingerprint density at radius 3 is 2.80 bits per heavy atom. The molecule has 0 radical (unpaired) electrons. The molecule has 5 rings (SSSR count). The van der Waals surface area contributed by atoms with E-state index in [9.17, 15) is 4.79 Å². The summed E-state index contributed by atoms with van der Waals surface area (Å²) in [7, 11) is 0. The number of hydrogen-bond acceptors (Lipinski definition) is 6. The molecule has 9 nitrogen and oxygen atoms in total. The van der Waals surface area contributed by atoms with Gasteiger partial charge in [0.25, 0.3) is 0 Å². The zero-order chi connectivity index (χ0) is 20.5. The molecule has 2 amide bonds. The molecule has 2 N–H and O–H groups in total. The van der Waals surface area contributed by atoms with E-state index in [4.69, 9.17) is 4.52 Å². The van der Waals surface area contributed by atoms with E-state index < -0.39 is 6.04 Å². The summed E-state index contributed by atoms with van der Waals surface area (Å²) >= 11 is 0. The molecule has 1 aliphatic heterocycles. The van der Waals surface area contributed by atoms with Crippen molar-refractivity contribution < 1.29 is 9.32 Å². The number of amides is 2. The predicted octanol–water partition coefficient (Wildman–Crippen LogP) is 3.49. The third-order valence-corrected chi connectivity index (χ3v) is 5.13. The number of H-pyrrole nitrogens is 1. The third-order valence-electron chi connectivity index (χ3n) is 5.13. The van der Waals surface area contributed by atoms with E-state index in [2.05, 4.69) is 30.4 Å². The van der Waals surface area contributed by atoms with Gasteiger partial charge in [-0.1, -0.05) is 22.9 Å². The molecule has 1 aliphatic rings. The Bertz CT molecular complexity index is 1170. The molecule has 1 unspecified atom stereocenters. The lowest BCUT2D eigenvalue weighted by atomic mass is 10.0. The first-order valence-electron chi connectivity index (χ1n) is 9.57. The van der Waals surface area contributed by atoms with Crippen LogP contribution in [0.15, 0.2) is 59.6 Å². The number of carbonyl (C=O) groups excluding carboxylic acids is 1. The number of fused-ring (bicyclic) bond motifs is 1. The van der Waals surface area contributed by atoms with Crippen molar-refractivity contribution in [2.24, 2.45) is 0 Å². The number of nitrogens with zero attached hydrogens (tertiary/aromatic N) is 5. The van der Waals surface area contributed by atoms with Crippen LogP contribution in [0.25, 0.3) is 11.4 Å². The Morgan fingerprint density at radius 2 is 2.00 bits per heavy atom. The number of hydrogen-bond donors (Lipinski definition) is 2. The predicted molar refractivity (Wildman–Crippen MR) is 108 cm³/mol. The first-order valence-corrected chi connectivity index (χ1v) is 9.57. The highest BCUT2D eigenvalue weighted by atomic mass is 16.5. The Hall–Kier alpha value is -4.01. The summed E-state index contributed by atoms with van der Waals surface area (Å²) in [6.45, 7) is 2.37. The van der Waals surface area contributed by atoms with Crippen LogP contribution in [0.5, 0.6) is 0 Å². The minimum Gasteiger partial charge on any atom is -0.347 e. The molecule has 1 atom stereocenters. The third kappa shape index (κ3) is 3.41. The second-order valence-electron chi connectivity index (χ2n) is 7.16. The quantitative estimate of drug-likeness (QED) is 0.543. The van der Waals surface area contributed by atoms with Gasteiger partial charge in [-0.3, -0.25) is 4.98 Å². The molecule has 1 aromatic carbocycles. The van der Waals surface area contributed by atoms with Gasteiger partial charge in [0.2, 0.25) is 11.7 Å². The molecule has 0 bridgehead atoms. The highest BCUT2D eigenvalue weighted by Crippen LogP contribution is 2.32. The van der Waals surface area contributed by atoms with Gasteiger partial charge in [0.05, 0.1) is 24.3 Å². The number of imidazole rings is 1. The summed E-state index contributed by atoms with van der Waals surface area (Å²) in [6, 6.07) is 10.6. The fourth-order valence-corrected chi connectivity index (χ4v) is 3.49. The number of carbonyl (C=O) groups is 1. The largest absolute Gasteiger partial charge is 0.347 e. The average molecular weight is 401 g/mol. The standard InChI is InChI=1S/C21H19N7O2/c1-13-2-4-15(5-3-13)25-21(29)28-11-17-16(23-12-24-17)10-18(28)20-26-19(27-30-20)14-6-8-22-9-7-14/h2-9,12,18H,10-11H2,1H3,(H,23,24)(H,25,29). The monoisotopic (exact) mass is 401 g/mol. The number of aryl methyl sites for hydroxylation is 1. The lowest BCUT2D eigenvalue weighted by molar-refractivity contribution is 0.155. The van der Waals surface area contributed by atoms with E-state index in [1.165, 1.54) is 0 Å². The van der Waals surface area contributed by atoms with E-state index in [-0.39, 0.29) is 6.03 Å². The van der Waals surface area contributed by atoms with E-state index >= 15 is 0 Å². The first kappa shape index (κ1) is 18.0. The molecule has 0 spiro atoms. The second kappa shape index (κ2) is 7.43. The van der Waals surface area contributed by atoms with Crippen LogP contribution < -0.4 is 5.32 Å². The van der Waals surface area contributed by atoms with Crippen LogP contribution in [0.4, 0.5) is 10.5 Å². The van der Waals surface area contributed by atoms with Crippen molar-refractivity contribution in [1.82, 2.24) is 30.0 Å². The van der Waals surface area contributed by atoms with Gasteiger partial charge in [0.1, 0.15) is 6.04 Å². The van der Waals surface area contributed by atoms with E-state index in [1.54, 1.807) is 23.6 Å². The maximum absolute atomic E-state index is 13.1. The minimum absolute atomic E-state index is 0.243. The Kier molecular flexibility index (Phi) is 4.47. The summed E-state index contributed by atoms with van der Waals surface area (Å²) in [5.41, 5.74) is 4.44. The van der Waals surface area contributed by atoms with Gasteiger partial charge in [0, 0.05) is 30.1 Å². The van der Waals surface area contributed by atoms with Crippen LogP contribution in [-0.4, -0.2) is 36.0 Å². The SMILES string of the molecule is Cc1ccc(NC(=O)N2Cc3[nH]cnc3CC2c2nc(-c3ccncc3)no2)cc1. The lowest BCUT2D eigenvalue weighted by Crippen LogP contribution is -2.41. The van der Waals surface area contributed by atoms with E-state index in [0.29, 0.717) is 24.7 Å². The topological polar surface area (TPSA) is 113 Å². The molecule has 0 saturated carbocycles. The number of aromatic amines is 1. The van der Waals surface area contributed by atoms with Crippen molar-refractivity contribution >= 4 is 11.7 Å². The van der Waals surface area contributed by atoms with Crippen LogP contribution in [0, 0.1) is 6.92 Å². The van der Waals surface area contributed by atoms with Crippen molar-refractivity contribution in [3.8, 4) is 11.4 Å². The molecular formula is C21H19N7O2. The summed E-state index contributed by atoms with van der Waals surface area (Å²) in [5.74, 6) is 0.827. The van der Waals surface area contributed by atoms with Gasteiger partial charge in [-0.2, -0.15) is 4.98 Å². The number of nitrogens with one attached hydrogen (secondary N) is 2. The second-order valence-corrected chi connectivity index (χ2v) is 7.16. The molecule has 0 saturated heterocycles. The zero-order valence-corrected chi connectivity index (χ0v) is 16.2. The summed E-state index contributed by atoms with van der Waals surface area (Å²) in [6.07, 6.45) is 5.46. The van der Waals surface area contributed by atoms with Gasteiger partial charge < -0.3 is 19.7 Å². The molecule has 3 aromatic heterocycles. The highest BCUT2D eigenvalue weighted by Gasteiger charge is 2.36. The Labute approximate surface area is 172 Å². The van der Waals surface area contributed by atoms with Crippen LogP contribution in [0.1, 0.15) is 28.9 Å². The minimum atomic E-state index is -0.422. The summed E-state index contributed by atoms with van der Waals surface area (Å²) in [4.78, 5) is 30.9. The number of anilines is 1. The summed E-state index contributed by atoms with van der Waals surface area (Å²) in [5, 5.41) is 7.05. The number of aromatic nitrogens is 5. The van der Waals surface area contributed by atoms with Crippen molar-refractivity contribution in [3.63, 3.8) is 0 Å². The number of rotatable bonds is 3. The molecular weight excluding hydrogens is 382 g/mol. The average Bonchev–Trinajstić information content (AvgIpc) is 3.44. The van der Waals surface area contributed by atoms with Gasteiger partial charge in [-0.25, -0.2) is 9.78 Å². The fraction of sp³-hybridized carbons (Fsp3) is 0.190. The van der Waals surface area contributed by atoms with Crippen LogP contribution in [0.2, 0.25) is 0 Å². The molecule has 0 fully saturated rings. The normalized spacial score (nSPS) is 15.6. The Morgan fingerprint density at radius 1 is 1.20 bits per heavy atom. The Balaban J connectivity index is 1.45. The fourth-order valence-electron chi connectivity index (χ4n) is 3.49. The molecule has 150 valence electrons. The van der Waals surface area contributed by atoms with Crippen LogP contribution in [-0.2, 0) is 13.0 Å². The van der Waals surface area contributed by atoms with Gasteiger partial charge in [-0.05, 0) is 31.2 Å². The molecule has 30 heavy (non-hydrogen) atoms. The number of urea groups is 1. The number of pyridine rings is 1. The van der Waals surface area contributed by atoms with Crippen molar-refractivity contribution in [3.05, 3.63) is 78.0 Å². The van der Waals surface area contributed by atoms with Gasteiger partial charge >= 0.3 is 6.03 Å². The molecule has 9 heteroatoms. The number of benzene rings is 1. The van der Waals surface area contributed by atoms with Gasteiger partial charge in [0.15, 0.2) is 0 Å². The first-order chi connectivity index (χ1) is 14.7. The lowest BCUT2D eigenvalue weighted by Gasteiger charge is -2.32. The molecule has 4 aromatic rings. The molecule has 0 aliphatic carbocycles. The zero-order valence-electron chi connectivity index (χ0n) is 16.2. The van der Waals surface area contributed by atoms with E-state index in [0.717, 1.165) is 28.2 Å².